The number of benzene rings is 2. The molecule has 0 saturated carbocycles. The molecule has 0 saturated heterocycles. The largest absolute Gasteiger partial charge is 0.490 e. The molecule has 0 atom stereocenters. The minimum Gasteiger partial charge on any atom is -0.490 e. The van der Waals surface area contributed by atoms with Crippen LogP contribution in [-0.2, 0) is 0 Å². The first-order chi connectivity index (χ1) is 10.3. The fourth-order valence-corrected chi connectivity index (χ4v) is 2.43. The number of ether oxygens (including phenoxy) is 2. The van der Waals surface area contributed by atoms with Crippen LogP contribution in [0.15, 0.2) is 47.4 Å². The second-order valence-corrected chi connectivity index (χ2v) is 5.19. The van der Waals surface area contributed by atoms with Gasteiger partial charge in [0.1, 0.15) is 17.4 Å². The van der Waals surface area contributed by atoms with Gasteiger partial charge in [-0.1, -0.05) is 25.1 Å². The van der Waals surface area contributed by atoms with Gasteiger partial charge in [-0.15, -0.1) is 11.8 Å². The Labute approximate surface area is 129 Å². The van der Waals surface area contributed by atoms with Gasteiger partial charge in [0.05, 0.1) is 6.61 Å². The van der Waals surface area contributed by atoms with Gasteiger partial charge in [0.2, 0.25) is 0 Å². The Morgan fingerprint density at radius 2 is 1.76 bits per heavy atom. The van der Waals surface area contributed by atoms with E-state index in [0.717, 1.165) is 11.3 Å². The minimum absolute atomic E-state index is 0.551. The van der Waals surface area contributed by atoms with Crippen molar-refractivity contribution in [3.8, 4) is 23.3 Å². The van der Waals surface area contributed by atoms with Crippen molar-refractivity contribution < 1.29 is 9.47 Å². The predicted molar refractivity (Wildman–Crippen MR) is 85.2 cm³/mol. The van der Waals surface area contributed by atoms with Gasteiger partial charge in [0.15, 0.2) is 11.5 Å². The van der Waals surface area contributed by atoms with E-state index in [2.05, 4.69) is 13.0 Å². The monoisotopic (exact) mass is 299 g/mol. The molecule has 0 fully saturated rings. The standard InChI is InChI=1S/C17H17NO2S/c1-3-11-19-15-7-4-5-8-16(15)20-14-9-6-10-17(21-2)13(14)12-18/h4-10H,3,11H2,1-2H3. The molecule has 0 unspecified atom stereocenters. The van der Waals surface area contributed by atoms with Crippen LogP contribution < -0.4 is 9.47 Å². The second-order valence-electron chi connectivity index (χ2n) is 4.34. The molecule has 0 N–H and O–H groups in total. The SMILES string of the molecule is CCCOc1ccccc1Oc1cccc(SC)c1C#N. The van der Waals surface area contributed by atoms with Gasteiger partial charge >= 0.3 is 0 Å². The molecular formula is C17H17NO2S. The van der Waals surface area contributed by atoms with E-state index < -0.39 is 0 Å². The van der Waals surface area contributed by atoms with Crippen LogP contribution in [0, 0.1) is 11.3 Å². The van der Waals surface area contributed by atoms with E-state index in [1.54, 1.807) is 6.07 Å². The molecule has 0 aliphatic heterocycles. The van der Waals surface area contributed by atoms with Gasteiger partial charge in [-0.05, 0) is 36.9 Å². The van der Waals surface area contributed by atoms with Crippen LogP contribution in [0.3, 0.4) is 0 Å². The first kappa shape index (κ1) is 15.3. The van der Waals surface area contributed by atoms with E-state index in [1.807, 2.05) is 42.7 Å². The summed E-state index contributed by atoms with van der Waals surface area (Å²) in [4.78, 5) is 0.905. The molecule has 2 aromatic rings. The Kier molecular flexibility index (Phi) is 5.53. The van der Waals surface area contributed by atoms with E-state index in [4.69, 9.17) is 9.47 Å². The molecule has 21 heavy (non-hydrogen) atoms. The summed E-state index contributed by atoms with van der Waals surface area (Å²) in [5.41, 5.74) is 0.551. The molecule has 0 spiro atoms. The third kappa shape index (κ3) is 3.71. The highest BCUT2D eigenvalue weighted by Gasteiger charge is 2.12. The highest BCUT2D eigenvalue weighted by atomic mass is 32.2. The number of hydrogen-bond acceptors (Lipinski definition) is 4. The molecule has 0 aromatic heterocycles. The average Bonchev–Trinajstić information content (AvgIpc) is 2.53. The Morgan fingerprint density at radius 1 is 1.05 bits per heavy atom. The highest BCUT2D eigenvalue weighted by Crippen LogP contribution is 2.35. The minimum atomic E-state index is 0.551. The number of nitrogens with zero attached hydrogens (tertiary/aromatic N) is 1. The maximum Gasteiger partial charge on any atom is 0.169 e. The van der Waals surface area contributed by atoms with E-state index in [1.165, 1.54) is 11.8 Å². The number of rotatable bonds is 6. The third-order valence-corrected chi connectivity index (χ3v) is 3.63. The Morgan fingerprint density at radius 3 is 2.43 bits per heavy atom. The van der Waals surface area contributed by atoms with E-state index in [-0.39, 0.29) is 0 Å². The van der Waals surface area contributed by atoms with Crippen molar-refractivity contribution in [1.82, 2.24) is 0 Å². The fourth-order valence-electron chi connectivity index (χ4n) is 1.86. The predicted octanol–water partition coefficient (Wildman–Crippen LogP) is 4.86. The summed E-state index contributed by atoms with van der Waals surface area (Å²) in [5, 5.41) is 9.34. The lowest BCUT2D eigenvalue weighted by Gasteiger charge is -2.13. The van der Waals surface area contributed by atoms with Crippen LogP contribution in [0.2, 0.25) is 0 Å². The van der Waals surface area contributed by atoms with Gasteiger partial charge in [0, 0.05) is 4.90 Å². The van der Waals surface area contributed by atoms with Crippen LogP contribution in [0.25, 0.3) is 0 Å². The maximum atomic E-state index is 9.34. The summed E-state index contributed by atoms with van der Waals surface area (Å²) < 4.78 is 11.6. The molecule has 0 radical (unpaired) electrons. The number of thioether (sulfide) groups is 1. The number of nitriles is 1. The zero-order valence-corrected chi connectivity index (χ0v) is 12.9. The summed E-state index contributed by atoms with van der Waals surface area (Å²) in [6.07, 6.45) is 2.87. The summed E-state index contributed by atoms with van der Waals surface area (Å²) in [7, 11) is 0. The van der Waals surface area contributed by atoms with Crippen LogP contribution in [-0.4, -0.2) is 12.9 Å². The number of hydrogen-bond donors (Lipinski definition) is 0. The first-order valence-electron chi connectivity index (χ1n) is 6.77. The molecule has 4 heteroatoms. The van der Waals surface area contributed by atoms with E-state index in [0.29, 0.717) is 29.4 Å². The van der Waals surface area contributed by atoms with Gasteiger partial charge in [0.25, 0.3) is 0 Å². The second kappa shape index (κ2) is 7.61. The molecule has 108 valence electrons. The van der Waals surface area contributed by atoms with Gasteiger partial charge in [-0.25, -0.2) is 0 Å². The molecule has 0 amide bonds. The summed E-state index contributed by atoms with van der Waals surface area (Å²) in [6.45, 7) is 2.69. The molecule has 3 nitrogen and oxygen atoms in total. The maximum absolute atomic E-state index is 9.34. The van der Waals surface area contributed by atoms with Crippen molar-refractivity contribution in [3.05, 3.63) is 48.0 Å². The Bertz CT molecular complexity index is 649. The lowest BCUT2D eigenvalue weighted by Crippen LogP contribution is -1.98. The van der Waals surface area contributed by atoms with Crippen molar-refractivity contribution in [3.63, 3.8) is 0 Å². The quantitative estimate of drug-likeness (QED) is 0.714. The molecule has 0 aliphatic carbocycles. The molecule has 0 bridgehead atoms. The van der Waals surface area contributed by atoms with Crippen molar-refractivity contribution in [2.75, 3.05) is 12.9 Å². The average molecular weight is 299 g/mol. The van der Waals surface area contributed by atoms with E-state index in [9.17, 15) is 5.26 Å². The molecular weight excluding hydrogens is 282 g/mol. The zero-order valence-electron chi connectivity index (χ0n) is 12.1. The molecule has 0 heterocycles. The Balaban J connectivity index is 2.33. The van der Waals surface area contributed by atoms with Crippen molar-refractivity contribution in [2.24, 2.45) is 0 Å². The van der Waals surface area contributed by atoms with Gasteiger partial charge < -0.3 is 9.47 Å². The van der Waals surface area contributed by atoms with Gasteiger partial charge in [-0.3, -0.25) is 0 Å². The smallest absolute Gasteiger partial charge is 0.169 e. The Hall–Kier alpha value is -2.12. The summed E-state index contributed by atoms with van der Waals surface area (Å²) in [6, 6.07) is 15.3. The summed E-state index contributed by atoms with van der Waals surface area (Å²) >= 11 is 1.53. The van der Waals surface area contributed by atoms with Crippen molar-refractivity contribution >= 4 is 11.8 Å². The van der Waals surface area contributed by atoms with Crippen LogP contribution in [0.1, 0.15) is 18.9 Å². The first-order valence-corrected chi connectivity index (χ1v) is 7.99. The highest BCUT2D eigenvalue weighted by molar-refractivity contribution is 7.98. The van der Waals surface area contributed by atoms with Crippen molar-refractivity contribution in [1.29, 1.82) is 5.26 Å². The van der Waals surface area contributed by atoms with E-state index >= 15 is 0 Å². The molecule has 2 aromatic carbocycles. The third-order valence-electron chi connectivity index (χ3n) is 2.85. The van der Waals surface area contributed by atoms with Gasteiger partial charge in [-0.2, -0.15) is 5.26 Å². The topological polar surface area (TPSA) is 42.2 Å². The zero-order chi connectivity index (χ0) is 15.1. The van der Waals surface area contributed by atoms with Crippen LogP contribution >= 0.6 is 11.8 Å². The number of para-hydroxylation sites is 2. The molecule has 2 rings (SSSR count). The normalized spacial score (nSPS) is 9.95. The lowest BCUT2D eigenvalue weighted by molar-refractivity contribution is 0.302. The fraction of sp³-hybridized carbons (Fsp3) is 0.235. The van der Waals surface area contributed by atoms with Crippen LogP contribution in [0.4, 0.5) is 0 Å². The summed E-state index contributed by atoms with van der Waals surface area (Å²) in [5.74, 6) is 1.87. The molecule has 0 aliphatic rings. The van der Waals surface area contributed by atoms with Crippen LogP contribution in [0.5, 0.6) is 17.2 Å². The lowest BCUT2D eigenvalue weighted by atomic mass is 10.2. The van der Waals surface area contributed by atoms with Crippen molar-refractivity contribution in [2.45, 2.75) is 18.2 Å².